The molecule has 1 aromatic carbocycles. The maximum Gasteiger partial charge on any atom is 0.230 e. The van der Waals surface area contributed by atoms with Crippen molar-refractivity contribution in [2.24, 2.45) is 7.05 Å². The third-order valence-corrected chi connectivity index (χ3v) is 4.11. The zero-order valence-corrected chi connectivity index (χ0v) is 13.6. The van der Waals surface area contributed by atoms with E-state index in [-0.39, 0.29) is 5.91 Å². The molecule has 6 nitrogen and oxygen atoms in total. The summed E-state index contributed by atoms with van der Waals surface area (Å²) in [5.74, 6) is 1.61. The third kappa shape index (κ3) is 4.17. The lowest BCUT2D eigenvalue weighted by atomic mass is 10.2. The Kier molecular flexibility index (Phi) is 5.71. The number of benzene rings is 1. The van der Waals surface area contributed by atoms with E-state index in [9.17, 15) is 4.79 Å². The Hall–Kier alpha value is -2.15. The maximum atomic E-state index is 11.9. The molecule has 1 amide bonds. The SMILES string of the molecule is COc1ccc(CNC(=O)CSc2nccn2C)cc1OC. The predicted octanol–water partition coefficient (Wildman–Crippen LogP) is 1.85. The van der Waals surface area contributed by atoms with Crippen LogP contribution in [0.2, 0.25) is 0 Å². The van der Waals surface area contributed by atoms with Crippen molar-refractivity contribution in [3.8, 4) is 11.5 Å². The summed E-state index contributed by atoms with van der Waals surface area (Å²) < 4.78 is 12.3. The van der Waals surface area contributed by atoms with E-state index >= 15 is 0 Å². The Bertz CT molecular complexity index is 643. The monoisotopic (exact) mass is 321 g/mol. The average Bonchev–Trinajstić information content (AvgIpc) is 2.95. The van der Waals surface area contributed by atoms with Gasteiger partial charge in [0.2, 0.25) is 5.91 Å². The van der Waals surface area contributed by atoms with Crippen LogP contribution < -0.4 is 14.8 Å². The molecule has 118 valence electrons. The molecular formula is C15H19N3O3S. The average molecular weight is 321 g/mol. The molecule has 0 aliphatic carbocycles. The molecule has 0 bridgehead atoms. The number of hydrogen-bond acceptors (Lipinski definition) is 5. The molecule has 0 atom stereocenters. The van der Waals surface area contributed by atoms with Crippen molar-refractivity contribution in [2.75, 3.05) is 20.0 Å². The number of amides is 1. The molecule has 0 aliphatic rings. The standard InChI is InChI=1S/C15H19N3O3S/c1-18-7-6-16-15(18)22-10-14(19)17-9-11-4-5-12(20-2)13(8-11)21-3/h4-8H,9-10H2,1-3H3,(H,17,19). The number of rotatable bonds is 7. The molecule has 0 fully saturated rings. The van der Waals surface area contributed by atoms with E-state index in [4.69, 9.17) is 9.47 Å². The summed E-state index contributed by atoms with van der Waals surface area (Å²) in [5, 5.41) is 3.70. The quantitative estimate of drug-likeness (QED) is 0.788. The highest BCUT2D eigenvalue weighted by Crippen LogP contribution is 2.27. The minimum atomic E-state index is -0.0391. The number of ether oxygens (including phenoxy) is 2. The fourth-order valence-electron chi connectivity index (χ4n) is 1.86. The number of aromatic nitrogens is 2. The molecule has 1 N–H and O–H groups in total. The molecule has 0 radical (unpaired) electrons. The molecule has 0 saturated heterocycles. The summed E-state index contributed by atoms with van der Waals surface area (Å²) in [7, 11) is 5.08. The number of carbonyl (C=O) groups is 1. The van der Waals surface area contributed by atoms with E-state index in [2.05, 4.69) is 10.3 Å². The van der Waals surface area contributed by atoms with Crippen molar-refractivity contribution in [2.45, 2.75) is 11.7 Å². The molecule has 1 heterocycles. The van der Waals surface area contributed by atoms with Gasteiger partial charge >= 0.3 is 0 Å². The highest BCUT2D eigenvalue weighted by Gasteiger charge is 2.08. The van der Waals surface area contributed by atoms with Crippen molar-refractivity contribution in [3.05, 3.63) is 36.2 Å². The summed E-state index contributed by atoms with van der Waals surface area (Å²) in [4.78, 5) is 16.0. The van der Waals surface area contributed by atoms with Crippen LogP contribution >= 0.6 is 11.8 Å². The van der Waals surface area contributed by atoms with Gasteiger partial charge in [0.05, 0.1) is 20.0 Å². The fourth-order valence-corrected chi connectivity index (χ4v) is 2.63. The number of aryl methyl sites for hydroxylation is 1. The predicted molar refractivity (Wildman–Crippen MR) is 85.3 cm³/mol. The molecule has 1 aromatic heterocycles. The van der Waals surface area contributed by atoms with Gasteiger partial charge in [-0.05, 0) is 17.7 Å². The van der Waals surface area contributed by atoms with Crippen molar-refractivity contribution < 1.29 is 14.3 Å². The largest absolute Gasteiger partial charge is 0.493 e. The Labute approximate surface area is 133 Å². The second-order valence-corrected chi connectivity index (χ2v) is 5.52. The Balaban J connectivity index is 1.84. The van der Waals surface area contributed by atoms with Gasteiger partial charge in [-0.3, -0.25) is 4.79 Å². The van der Waals surface area contributed by atoms with E-state index in [0.29, 0.717) is 23.8 Å². The van der Waals surface area contributed by atoms with Crippen LogP contribution in [-0.4, -0.2) is 35.4 Å². The Morgan fingerprint density at radius 1 is 1.32 bits per heavy atom. The van der Waals surface area contributed by atoms with Crippen LogP contribution in [0.15, 0.2) is 35.7 Å². The normalized spacial score (nSPS) is 10.3. The maximum absolute atomic E-state index is 11.9. The van der Waals surface area contributed by atoms with E-state index < -0.39 is 0 Å². The van der Waals surface area contributed by atoms with Crippen LogP contribution in [0.3, 0.4) is 0 Å². The van der Waals surface area contributed by atoms with Gasteiger partial charge in [-0.15, -0.1) is 0 Å². The van der Waals surface area contributed by atoms with Crippen molar-refractivity contribution in [3.63, 3.8) is 0 Å². The first-order valence-corrected chi connectivity index (χ1v) is 7.70. The molecule has 0 unspecified atom stereocenters. The lowest BCUT2D eigenvalue weighted by Crippen LogP contribution is -2.24. The molecule has 0 saturated carbocycles. The topological polar surface area (TPSA) is 65.4 Å². The number of nitrogens with zero attached hydrogens (tertiary/aromatic N) is 2. The Morgan fingerprint density at radius 2 is 2.09 bits per heavy atom. The second-order valence-electron chi connectivity index (χ2n) is 4.58. The first-order chi connectivity index (χ1) is 10.6. The van der Waals surface area contributed by atoms with E-state index in [1.54, 1.807) is 20.4 Å². The Morgan fingerprint density at radius 3 is 2.73 bits per heavy atom. The van der Waals surface area contributed by atoms with Crippen molar-refractivity contribution in [1.29, 1.82) is 0 Å². The van der Waals surface area contributed by atoms with Crippen LogP contribution in [0.1, 0.15) is 5.56 Å². The van der Waals surface area contributed by atoms with Crippen LogP contribution in [0.4, 0.5) is 0 Å². The van der Waals surface area contributed by atoms with Gasteiger partial charge in [0.25, 0.3) is 0 Å². The lowest BCUT2D eigenvalue weighted by Gasteiger charge is -2.10. The first-order valence-electron chi connectivity index (χ1n) is 6.71. The minimum Gasteiger partial charge on any atom is -0.493 e. The minimum absolute atomic E-state index is 0.0391. The zero-order valence-electron chi connectivity index (χ0n) is 12.8. The molecule has 0 spiro atoms. The highest BCUT2D eigenvalue weighted by molar-refractivity contribution is 7.99. The molecule has 22 heavy (non-hydrogen) atoms. The van der Waals surface area contributed by atoms with Gasteiger partial charge in [-0.25, -0.2) is 4.98 Å². The van der Waals surface area contributed by atoms with Crippen LogP contribution in [0, 0.1) is 0 Å². The summed E-state index contributed by atoms with van der Waals surface area (Å²) in [6, 6.07) is 5.57. The number of methoxy groups -OCH3 is 2. The van der Waals surface area contributed by atoms with Gasteiger partial charge in [0.15, 0.2) is 16.7 Å². The second kappa shape index (κ2) is 7.74. The smallest absolute Gasteiger partial charge is 0.230 e. The molecule has 2 aromatic rings. The van der Waals surface area contributed by atoms with E-state index in [1.807, 2.05) is 36.0 Å². The van der Waals surface area contributed by atoms with Gasteiger partial charge in [0.1, 0.15) is 0 Å². The summed E-state index contributed by atoms with van der Waals surface area (Å²) in [6.07, 6.45) is 3.56. The van der Waals surface area contributed by atoms with Gasteiger partial charge in [0, 0.05) is 26.0 Å². The van der Waals surface area contributed by atoms with Crippen LogP contribution in [0.25, 0.3) is 0 Å². The van der Waals surface area contributed by atoms with Crippen LogP contribution in [0.5, 0.6) is 11.5 Å². The summed E-state index contributed by atoms with van der Waals surface area (Å²) in [6.45, 7) is 0.445. The van der Waals surface area contributed by atoms with E-state index in [1.165, 1.54) is 11.8 Å². The number of thioether (sulfide) groups is 1. The fraction of sp³-hybridized carbons (Fsp3) is 0.333. The molecule has 7 heteroatoms. The van der Waals surface area contributed by atoms with E-state index in [0.717, 1.165) is 10.7 Å². The van der Waals surface area contributed by atoms with Gasteiger partial charge < -0.3 is 19.4 Å². The molecule has 0 aliphatic heterocycles. The first kappa shape index (κ1) is 16.2. The number of imidazole rings is 1. The molecule has 2 rings (SSSR count). The number of hydrogen-bond donors (Lipinski definition) is 1. The zero-order chi connectivity index (χ0) is 15.9. The summed E-state index contributed by atoms with van der Waals surface area (Å²) in [5.41, 5.74) is 0.952. The number of nitrogens with one attached hydrogen (secondary N) is 1. The lowest BCUT2D eigenvalue weighted by molar-refractivity contribution is -0.118. The van der Waals surface area contributed by atoms with Crippen LogP contribution in [-0.2, 0) is 18.4 Å². The van der Waals surface area contributed by atoms with Gasteiger partial charge in [-0.2, -0.15) is 0 Å². The van der Waals surface area contributed by atoms with Crippen molar-refractivity contribution in [1.82, 2.24) is 14.9 Å². The van der Waals surface area contributed by atoms with Gasteiger partial charge in [-0.1, -0.05) is 17.8 Å². The van der Waals surface area contributed by atoms with Crippen molar-refractivity contribution >= 4 is 17.7 Å². The highest BCUT2D eigenvalue weighted by atomic mass is 32.2. The summed E-state index contributed by atoms with van der Waals surface area (Å²) >= 11 is 1.41. The third-order valence-electron chi connectivity index (χ3n) is 3.05. The molecular weight excluding hydrogens is 302 g/mol. The number of carbonyl (C=O) groups excluding carboxylic acids is 1.